The number of carbonyl (C=O) groups is 1. The third kappa shape index (κ3) is 3.14. The summed E-state index contributed by atoms with van der Waals surface area (Å²) in [6.07, 6.45) is 3.84. The number of aryl methyl sites for hydroxylation is 1. The zero-order valence-corrected chi connectivity index (χ0v) is 9.51. The molecule has 0 saturated carbocycles. The number of carbonyl (C=O) groups excluding carboxylic acids is 1. The first-order chi connectivity index (χ1) is 8.25. The minimum atomic E-state index is -0.175. The van der Waals surface area contributed by atoms with E-state index < -0.39 is 0 Å². The van der Waals surface area contributed by atoms with Gasteiger partial charge in [0.05, 0.1) is 5.69 Å². The van der Waals surface area contributed by atoms with Gasteiger partial charge in [-0.1, -0.05) is 6.07 Å². The normalized spacial score (nSPS) is 10.2. The standard InChI is InChI=1S/C12H13N3O2/c1-9-15-10(8-17-9)5-7-14-12(16)11-4-2-3-6-13-11/h2-4,6,8H,5,7H2,1H3,(H,14,16). The molecule has 0 atom stereocenters. The molecule has 0 aliphatic carbocycles. The van der Waals surface area contributed by atoms with Crippen LogP contribution >= 0.6 is 0 Å². The number of pyridine rings is 1. The van der Waals surface area contributed by atoms with Crippen molar-refractivity contribution < 1.29 is 9.21 Å². The first kappa shape index (κ1) is 11.3. The third-order valence-electron chi connectivity index (χ3n) is 2.23. The Bertz CT molecular complexity index is 493. The van der Waals surface area contributed by atoms with E-state index in [1.807, 2.05) is 0 Å². The minimum absolute atomic E-state index is 0.175. The molecule has 0 aromatic carbocycles. The highest BCUT2D eigenvalue weighted by molar-refractivity contribution is 5.92. The van der Waals surface area contributed by atoms with E-state index in [0.29, 0.717) is 24.6 Å². The summed E-state index contributed by atoms with van der Waals surface area (Å²) in [5.41, 5.74) is 1.26. The second-order valence-electron chi connectivity index (χ2n) is 3.58. The lowest BCUT2D eigenvalue weighted by atomic mass is 10.3. The zero-order valence-electron chi connectivity index (χ0n) is 9.51. The molecule has 1 N–H and O–H groups in total. The topological polar surface area (TPSA) is 68.0 Å². The molecule has 2 heterocycles. The van der Waals surface area contributed by atoms with Crippen molar-refractivity contribution in [3.8, 4) is 0 Å². The maximum Gasteiger partial charge on any atom is 0.269 e. The maximum atomic E-state index is 11.6. The van der Waals surface area contributed by atoms with Gasteiger partial charge in [0.25, 0.3) is 5.91 Å². The number of nitrogens with zero attached hydrogens (tertiary/aromatic N) is 2. The van der Waals surface area contributed by atoms with E-state index in [1.165, 1.54) is 0 Å². The first-order valence-electron chi connectivity index (χ1n) is 5.36. The number of amides is 1. The molecule has 88 valence electrons. The molecular weight excluding hydrogens is 218 g/mol. The molecule has 0 unspecified atom stereocenters. The number of nitrogens with one attached hydrogen (secondary N) is 1. The van der Waals surface area contributed by atoms with E-state index in [1.54, 1.807) is 37.6 Å². The Kier molecular flexibility index (Phi) is 3.49. The van der Waals surface area contributed by atoms with Crippen LogP contribution in [0.2, 0.25) is 0 Å². The fourth-order valence-corrected chi connectivity index (χ4v) is 1.41. The number of hydrogen-bond acceptors (Lipinski definition) is 4. The summed E-state index contributed by atoms with van der Waals surface area (Å²) in [6, 6.07) is 5.23. The number of rotatable bonds is 4. The molecule has 0 spiro atoms. The minimum Gasteiger partial charge on any atom is -0.449 e. The highest BCUT2D eigenvalue weighted by Crippen LogP contribution is 2.00. The van der Waals surface area contributed by atoms with Crippen LogP contribution in [0.3, 0.4) is 0 Å². The van der Waals surface area contributed by atoms with E-state index in [2.05, 4.69) is 15.3 Å². The van der Waals surface area contributed by atoms with Crippen molar-refractivity contribution in [2.45, 2.75) is 13.3 Å². The van der Waals surface area contributed by atoms with E-state index >= 15 is 0 Å². The van der Waals surface area contributed by atoms with Crippen LogP contribution in [-0.2, 0) is 6.42 Å². The maximum absolute atomic E-state index is 11.6. The van der Waals surface area contributed by atoms with E-state index in [4.69, 9.17) is 4.42 Å². The van der Waals surface area contributed by atoms with Gasteiger partial charge in [0, 0.05) is 26.1 Å². The average Bonchev–Trinajstić information content (AvgIpc) is 2.76. The second kappa shape index (κ2) is 5.25. The van der Waals surface area contributed by atoms with Gasteiger partial charge in [-0.05, 0) is 12.1 Å². The summed E-state index contributed by atoms with van der Waals surface area (Å²) < 4.78 is 5.07. The molecule has 1 amide bonds. The lowest BCUT2D eigenvalue weighted by Crippen LogP contribution is -2.26. The highest BCUT2D eigenvalue weighted by Gasteiger charge is 2.05. The van der Waals surface area contributed by atoms with Gasteiger partial charge in [-0.25, -0.2) is 4.98 Å². The molecule has 2 rings (SSSR count). The summed E-state index contributed by atoms with van der Waals surface area (Å²) >= 11 is 0. The molecule has 0 bridgehead atoms. The van der Waals surface area contributed by atoms with Gasteiger partial charge in [-0.15, -0.1) is 0 Å². The van der Waals surface area contributed by atoms with Crippen LogP contribution in [0.4, 0.5) is 0 Å². The molecule has 2 aromatic rings. The summed E-state index contributed by atoms with van der Waals surface area (Å²) in [7, 11) is 0. The third-order valence-corrected chi connectivity index (χ3v) is 2.23. The summed E-state index contributed by atoms with van der Waals surface area (Å²) in [6.45, 7) is 2.30. The summed E-state index contributed by atoms with van der Waals surface area (Å²) in [5, 5.41) is 2.77. The van der Waals surface area contributed by atoms with Crippen molar-refractivity contribution in [1.29, 1.82) is 0 Å². The Morgan fingerprint density at radius 3 is 3.00 bits per heavy atom. The van der Waals surface area contributed by atoms with Crippen LogP contribution in [0.5, 0.6) is 0 Å². The van der Waals surface area contributed by atoms with Crippen LogP contribution in [0.25, 0.3) is 0 Å². The van der Waals surface area contributed by atoms with Gasteiger partial charge >= 0.3 is 0 Å². The van der Waals surface area contributed by atoms with Gasteiger partial charge in [-0.3, -0.25) is 9.78 Å². The van der Waals surface area contributed by atoms with Gasteiger partial charge in [0.15, 0.2) is 5.89 Å². The highest BCUT2D eigenvalue weighted by atomic mass is 16.3. The second-order valence-corrected chi connectivity index (χ2v) is 3.58. The van der Waals surface area contributed by atoms with Gasteiger partial charge in [0.1, 0.15) is 12.0 Å². The van der Waals surface area contributed by atoms with Crippen LogP contribution in [0.1, 0.15) is 22.1 Å². The van der Waals surface area contributed by atoms with Crippen molar-refractivity contribution in [2.24, 2.45) is 0 Å². The SMILES string of the molecule is Cc1nc(CCNC(=O)c2ccccn2)co1. The Morgan fingerprint density at radius 1 is 1.47 bits per heavy atom. The van der Waals surface area contributed by atoms with Crippen molar-refractivity contribution in [2.75, 3.05) is 6.54 Å². The quantitative estimate of drug-likeness (QED) is 0.862. The zero-order chi connectivity index (χ0) is 12.1. The van der Waals surface area contributed by atoms with Crippen LogP contribution in [0.15, 0.2) is 35.1 Å². The molecule has 0 saturated heterocycles. The Labute approximate surface area is 98.9 Å². The Morgan fingerprint density at radius 2 is 2.35 bits per heavy atom. The molecule has 17 heavy (non-hydrogen) atoms. The molecule has 0 aliphatic heterocycles. The van der Waals surface area contributed by atoms with Crippen LogP contribution in [0, 0.1) is 6.92 Å². The van der Waals surface area contributed by atoms with Gasteiger partial charge < -0.3 is 9.73 Å². The molecule has 5 nitrogen and oxygen atoms in total. The molecule has 5 heteroatoms. The molecule has 2 aromatic heterocycles. The summed E-state index contributed by atoms with van der Waals surface area (Å²) in [5.74, 6) is 0.460. The lowest BCUT2D eigenvalue weighted by Gasteiger charge is -2.02. The number of hydrogen-bond donors (Lipinski definition) is 1. The van der Waals surface area contributed by atoms with Crippen LogP contribution in [-0.4, -0.2) is 22.4 Å². The predicted octanol–water partition coefficient (Wildman–Crippen LogP) is 1.35. The lowest BCUT2D eigenvalue weighted by molar-refractivity contribution is 0.0949. The fraction of sp³-hybridized carbons (Fsp3) is 0.250. The van der Waals surface area contributed by atoms with E-state index in [9.17, 15) is 4.79 Å². The molecule has 0 fully saturated rings. The van der Waals surface area contributed by atoms with Crippen LogP contribution < -0.4 is 5.32 Å². The molecular formula is C12H13N3O2. The first-order valence-corrected chi connectivity index (χ1v) is 5.36. The Balaban J connectivity index is 1.81. The van der Waals surface area contributed by atoms with Crippen molar-refractivity contribution in [3.05, 3.63) is 47.9 Å². The molecule has 0 radical (unpaired) electrons. The van der Waals surface area contributed by atoms with Crippen molar-refractivity contribution in [1.82, 2.24) is 15.3 Å². The largest absolute Gasteiger partial charge is 0.449 e. The van der Waals surface area contributed by atoms with Crippen molar-refractivity contribution in [3.63, 3.8) is 0 Å². The van der Waals surface area contributed by atoms with E-state index in [-0.39, 0.29) is 5.91 Å². The van der Waals surface area contributed by atoms with E-state index in [0.717, 1.165) is 5.69 Å². The molecule has 0 aliphatic rings. The summed E-state index contributed by atoms with van der Waals surface area (Å²) in [4.78, 5) is 19.7. The van der Waals surface area contributed by atoms with Gasteiger partial charge in [-0.2, -0.15) is 0 Å². The van der Waals surface area contributed by atoms with Crippen molar-refractivity contribution >= 4 is 5.91 Å². The number of aromatic nitrogens is 2. The monoisotopic (exact) mass is 231 g/mol. The van der Waals surface area contributed by atoms with Gasteiger partial charge in [0.2, 0.25) is 0 Å². The number of oxazole rings is 1. The predicted molar refractivity (Wildman–Crippen MR) is 61.5 cm³/mol. The smallest absolute Gasteiger partial charge is 0.269 e. The average molecular weight is 231 g/mol. The fourth-order valence-electron chi connectivity index (χ4n) is 1.41. The Hall–Kier alpha value is -2.17.